The van der Waals surface area contributed by atoms with Gasteiger partial charge in [0.25, 0.3) is 11.5 Å². The van der Waals surface area contributed by atoms with Gasteiger partial charge in [-0.25, -0.2) is 4.39 Å². The van der Waals surface area contributed by atoms with Gasteiger partial charge in [-0.05, 0) is 54.8 Å². The van der Waals surface area contributed by atoms with Crippen molar-refractivity contribution in [1.82, 2.24) is 9.78 Å². The van der Waals surface area contributed by atoms with Gasteiger partial charge in [0.1, 0.15) is 5.82 Å². The third-order valence-corrected chi connectivity index (χ3v) is 4.43. The molecule has 1 heterocycles. The smallest absolute Gasteiger partial charge is 0.279 e. The van der Waals surface area contributed by atoms with Crippen molar-refractivity contribution in [3.63, 3.8) is 0 Å². The second kappa shape index (κ2) is 9.14. The SMILES string of the molecule is CCCCc1ccc(NC(=O)c2nn(-c3ccc(F)cc3)c(=O)cc2OC)cc1. The van der Waals surface area contributed by atoms with Crippen LogP contribution in [0.4, 0.5) is 10.1 Å². The number of hydrogen-bond acceptors (Lipinski definition) is 4. The van der Waals surface area contributed by atoms with E-state index in [0.717, 1.165) is 23.9 Å². The monoisotopic (exact) mass is 395 g/mol. The van der Waals surface area contributed by atoms with Gasteiger partial charge in [0.15, 0.2) is 11.4 Å². The van der Waals surface area contributed by atoms with Crippen LogP contribution in [0.25, 0.3) is 5.69 Å². The summed E-state index contributed by atoms with van der Waals surface area (Å²) in [7, 11) is 1.36. The molecular formula is C22H22FN3O3. The van der Waals surface area contributed by atoms with Gasteiger partial charge in [0.2, 0.25) is 0 Å². The number of aryl methyl sites for hydroxylation is 1. The number of ether oxygens (including phenoxy) is 1. The molecule has 0 saturated carbocycles. The molecule has 0 radical (unpaired) electrons. The van der Waals surface area contributed by atoms with Crippen LogP contribution in [0.15, 0.2) is 59.4 Å². The third kappa shape index (κ3) is 4.87. The highest BCUT2D eigenvalue weighted by Gasteiger charge is 2.18. The minimum atomic E-state index is -0.515. The van der Waals surface area contributed by atoms with E-state index in [2.05, 4.69) is 17.3 Å². The Kier molecular flexibility index (Phi) is 6.39. The number of aromatic nitrogens is 2. The number of benzene rings is 2. The average Bonchev–Trinajstić information content (AvgIpc) is 2.73. The van der Waals surface area contributed by atoms with Crippen LogP contribution in [0.2, 0.25) is 0 Å². The van der Waals surface area contributed by atoms with Crippen LogP contribution in [0.3, 0.4) is 0 Å². The van der Waals surface area contributed by atoms with E-state index in [4.69, 9.17) is 4.74 Å². The number of anilines is 1. The molecule has 0 bridgehead atoms. The highest BCUT2D eigenvalue weighted by atomic mass is 19.1. The molecule has 29 heavy (non-hydrogen) atoms. The van der Waals surface area contributed by atoms with Crippen LogP contribution >= 0.6 is 0 Å². The third-order valence-electron chi connectivity index (χ3n) is 4.43. The predicted octanol–water partition coefficient (Wildman–Crippen LogP) is 3.98. The van der Waals surface area contributed by atoms with Gasteiger partial charge in [-0.3, -0.25) is 9.59 Å². The summed E-state index contributed by atoms with van der Waals surface area (Å²) in [4.78, 5) is 25.1. The fraction of sp³-hybridized carbons (Fsp3) is 0.227. The van der Waals surface area contributed by atoms with Gasteiger partial charge in [0.05, 0.1) is 18.9 Å². The number of halogens is 1. The topological polar surface area (TPSA) is 73.2 Å². The van der Waals surface area contributed by atoms with E-state index in [1.54, 1.807) is 0 Å². The summed E-state index contributed by atoms with van der Waals surface area (Å²) >= 11 is 0. The fourth-order valence-corrected chi connectivity index (χ4v) is 2.85. The van der Waals surface area contributed by atoms with Gasteiger partial charge in [0, 0.05) is 5.69 Å². The Hall–Kier alpha value is -3.48. The summed E-state index contributed by atoms with van der Waals surface area (Å²) in [6.07, 6.45) is 3.22. The van der Waals surface area contributed by atoms with Crippen molar-refractivity contribution in [3.8, 4) is 11.4 Å². The van der Waals surface area contributed by atoms with Gasteiger partial charge in [-0.15, -0.1) is 0 Å². The van der Waals surface area contributed by atoms with Gasteiger partial charge in [-0.2, -0.15) is 9.78 Å². The first kappa shape index (κ1) is 20.3. The van der Waals surface area contributed by atoms with Crippen molar-refractivity contribution in [2.45, 2.75) is 26.2 Å². The average molecular weight is 395 g/mol. The summed E-state index contributed by atoms with van der Waals surface area (Å²) in [6, 6.07) is 14.0. The zero-order valence-electron chi connectivity index (χ0n) is 16.3. The van der Waals surface area contributed by atoms with E-state index in [0.29, 0.717) is 11.4 Å². The molecule has 2 aromatic carbocycles. The molecule has 150 valence electrons. The first-order valence-electron chi connectivity index (χ1n) is 9.36. The lowest BCUT2D eigenvalue weighted by atomic mass is 10.1. The maximum atomic E-state index is 13.2. The summed E-state index contributed by atoms with van der Waals surface area (Å²) in [5.41, 5.74) is 1.61. The molecule has 3 aromatic rings. The van der Waals surface area contributed by atoms with Crippen LogP contribution in [0, 0.1) is 5.82 Å². The molecule has 0 spiro atoms. The van der Waals surface area contributed by atoms with Crippen LogP contribution < -0.4 is 15.6 Å². The summed E-state index contributed by atoms with van der Waals surface area (Å²) in [6.45, 7) is 2.14. The normalized spacial score (nSPS) is 10.6. The molecule has 1 N–H and O–H groups in total. The highest BCUT2D eigenvalue weighted by molar-refractivity contribution is 6.04. The van der Waals surface area contributed by atoms with Crippen molar-refractivity contribution in [2.24, 2.45) is 0 Å². The fourth-order valence-electron chi connectivity index (χ4n) is 2.85. The minimum absolute atomic E-state index is 0.0496. The quantitative estimate of drug-likeness (QED) is 0.657. The predicted molar refractivity (Wildman–Crippen MR) is 109 cm³/mol. The Morgan fingerprint density at radius 2 is 1.83 bits per heavy atom. The number of nitrogens with zero attached hydrogens (tertiary/aromatic N) is 2. The van der Waals surface area contributed by atoms with Crippen molar-refractivity contribution in [2.75, 3.05) is 12.4 Å². The molecule has 0 unspecified atom stereocenters. The number of carbonyl (C=O) groups excluding carboxylic acids is 1. The molecule has 0 fully saturated rings. The maximum absolute atomic E-state index is 13.2. The molecular weight excluding hydrogens is 373 g/mol. The van der Waals surface area contributed by atoms with Gasteiger partial charge >= 0.3 is 0 Å². The highest BCUT2D eigenvalue weighted by Crippen LogP contribution is 2.18. The zero-order chi connectivity index (χ0) is 20.8. The van der Waals surface area contributed by atoms with E-state index in [1.807, 2.05) is 24.3 Å². The second-order valence-electron chi connectivity index (χ2n) is 6.54. The van der Waals surface area contributed by atoms with Crippen LogP contribution in [-0.4, -0.2) is 22.8 Å². The van der Waals surface area contributed by atoms with Crippen LogP contribution in [0.1, 0.15) is 35.8 Å². The van der Waals surface area contributed by atoms with Crippen molar-refractivity contribution < 1.29 is 13.9 Å². The van der Waals surface area contributed by atoms with Crippen LogP contribution in [-0.2, 0) is 6.42 Å². The molecule has 0 aliphatic carbocycles. The molecule has 1 aromatic heterocycles. The zero-order valence-corrected chi connectivity index (χ0v) is 16.3. The van der Waals surface area contributed by atoms with Crippen molar-refractivity contribution >= 4 is 11.6 Å². The molecule has 0 aliphatic heterocycles. The largest absolute Gasteiger partial charge is 0.494 e. The van der Waals surface area contributed by atoms with Crippen LogP contribution in [0.5, 0.6) is 5.75 Å². The van der Waals surface area contributed by atoms with E-state index in [1.165, 1.54) is 43.0 Å². The van der Waals surface area contributed by atoms with Gasteiger partial charge in [-0.1, -0.05) is 25.5 Å². The van der Waals surface area contributed by atoms with E-state index >= 15 is 0 Å². The summed E-state index contributed by atoms with van der Waals surface area (Å²) < 4.78 is 19.4. The Morgan fingerprint density at radius 3 is 2.45 bits per heavy atom. The second-order valence-corrected chi connectivity index (χ2v) is 6.54. The molecule has 6 nitrogen and oxygen atoms in total. The number of amides is 1. The Balaban J connectivity index is 1.88. The minimum Gasteiger partial charge on any atom is -0.494 e. The first-order chi connectivity index (χ1) is 14.0. The van der Waals surface area contributed by atoms with E-state index in [-0.39, 0.29) is 11.4 Å². The Bertz CT molecular complexity index is 1040. The maximum Gasteiger partial charge on any atom is 0.279 e. The molecule has 0 atom stereocenters. The summed E-state index contributed by atoms with van der Waals surface area (Å²) in [5.74, 6) is -0.889. The van der Waals surface area contributed by atoms with Crippen molar-refractivity contribution in [1.29, 1.82) is 0 Å². The number of nitrogens with one attached hydrogen (secondary N) is 1. The number of rotatable bonds is 7. The number of unbranched alkanes of at least 4 members (excludes halogenated alkanes) is 1. The first-order valence-corrected chi connectivity index (χ1v) is 9.36. The molecule has 0 aliphatic rings. The number of carbonyl (C=O) groups is 1. The number of hydrogen-bond donors (Lipinski definition) is 1. The standard InChI is InChI=1S/C22H22FN3O3/c1-3-4-5-15-6-10-17(11-7-15)24-22(28)21-19(29-2)14-20(27)26(25-21)18-12-8-16(23)9-13-18/h6-14H,3-5H2,1-2H3,(H,24,28). The lowest BCUT2D eigenvalue weighted by molar-refractivity contribution is 0.101. The van der Waals surface area contributed by atoms with Crippen molar-refractivity contribution in [3.05, 3.63) is 82.0 Å². The summed E-state index contributed by atoms with van der Waals surface area (Å²) in [5, 5.41) is 6.91. The molecule has 7 heteroatoms. The molecule has 1 amide bonds. The number of methoxy groups -OCH3 is 1. The van der Waals surface area contributed by atoms with E-state index in [9.17, 15) is 14.0 Å². The van der Waals surface area contributed by atoms with Gasteiger partial charge < -0.3 is 10.1 Å². The van der Waals surface area contributed by atoms with E-state index < -0.39 is 17.3 Å². The lowest BCUT2D eigenvalue weighted by Crippen LogP contribution is -2.26. The Morgan fingerprint density at radius 1 is 1.14 bits per heavy atom. The molecule has 0 saturated heterocycles. The molecule has 3 rings (SSSR count). The lowest BCUT2D eigenvalue weighted by Gasteiger charge is -2.12. The Labute approximate surface area is 168 Å².